The number of amides is 1. The van der Waals surface area contributed by atoms with Crippen molar-refractivity contribution in [3.05, 3.63) is 41.7 Å². The van der Waals surface area contributed by atoms with E-state index in [1.807, 2.05) is 48.9 Å². The van der Waals surface area contributed by atoms with E-state index in [9.17, 15) is 4.79 Å². The van der Waals surface area contributed by atoms with Crippen molar-refractivity contribution in [2.24, 2.45) is 0 Å². The number of morpholine rings is 1. The van der Waals surface area contributed by atoms with Crippen LogP contribution in [0.5, 0.6) is 0 Å². The van der Waals surface area contributed by atoms with Gasteiger partial charge in [-0.3, -0.25) is 9.69 Å². The average Bonchev–Trinajstić information content (AvgIpc) is 2.85. The number of aromatic nitrogens is 2. The molecule has 1 aliphatic heterocycles. The lowest BCUT2D eigenvalue weighted by Gasteiger charge is -2.25. The number of carbonyl (C=O) groups excluding carboxylic acids is 1. The minimum Gasteiger partial charge on any atom is -0.379 e. The third-order valence-corrected chi connectivity index (χ3v) is 4.03. The second-order valence-electron chi connectivity index (χ2n) is 5.73. The Bertz CT molecular complexity index is 675. The number of benzene rings is 1. The van der Waals surface area contributed by atoms with Crippen LogP contribution in [0.25, 0.3) is 5.69 Å². The lowest BCUT2D eigenvalue weighted by Crippen LogP contribution is -2.41. The summed E-state index contributed by atoms with van der Waals surface area (Å²) >= 11 is 0. The molecule has 2 aromatic rings. The average molecular weight is 314 g/mol. The van der Waals surface area contributed by atoms with Gasteiger partial charge in [-0.2, -0.15) is 5.10 Å². The quantitative estimate of drug-likeness (QED) is 0.934. The van der Waals surface area contributed by atoms with Crippen LogP contribution in [0.3, 0.4) is 0 Å². The molecule has 23 heavy (non-hydrogen) atoms. The van der Waals surface area contributed by atoms with Gasteiger partial charge in [-0.1, -0.05) is 18.2 Å². The van der Waals surface area contributed by atoms with E-state index in [-0.39, 0.29) is 5.91 Å². The molecule has 1 aromatic heterocycles. The highest BCUT2D eigenvalue weighted by Crippen LogP contribution is 2.22. The zero-order valence-electron chi connectivity index (χ0n) is 13.6. The molecule has 0 saturated carbocycles. The van der Waals surface area contributed by atoms with Crippen LogP contribution in [-0.2, 0) is 9.53 Å². The molecule has 0 radical (unpaired) electrons. The summed E-state index contributed by atoms with van der Waals surface area (Å²) in [5.74, 6) is -0.00860. The van der Waals surface area contributed by atoms with Gasteiger partial charge in [0.2, 0.25) is 5.91 Å². The van der Waals surface area contributed by atoms with Gasteiger partial charge in [-0.05, 0) is 26.0 Å². The van der Waals surface area contributed by atoms with Crippen molar-refractivity contribution in [3.8, 4) is 5.69 Å². The monoisotopic (exact) mass is 314 g/mol. The molecule has 1 saturated heterocycles. The third-order valence-electron chi connectivity index (χ3n) is 4.03. The predicted molar refractivity (Wildman–Crippen MR) is 88.9 cm³/mol. The minimum absolute atomic E-state index is 0.00860. The molecule has 1 amide bonds. The predicted octanol–water partition coefficient (Wildman–Crippen LogP) is 1.76. The second kappa shape index (κ2) is 6.93. The minimum atomic E-state index is -0.00860. The number of hydrogen-bond donors (Lipinski definition) is 1. The molecule has 6 heteroatoms. The highest BCUT2D eigenvalue weighted by molar-refractivity contribution is 5.93. The molecule has 122 valence electrons. The standard InChI is InChI=1S/C17H22N4O2/c1-13-17(18-16(22)12-20-8-10-23-11-9-20)14(2)21(19-13)15-6-4-3-5-7-15/h3-7H,8-12H2,1-2H3,(H,18,22). The van der Waals surface area contributed by atoms with E-state index in [4.69, 9.17) is 4.74 Å². The molecule has 0 spiro atoms. The molecule has 0 aliphatic carbocycles. The zero-order chi connectivity index (χ0) is 16.2. The second-order valence-corrected chi connectivity index (χ2v) is 5.73. The smallest absolute Gasteiger partial charge is 0.238 e. The topological polar surface area (TPSA) is 59.4 Å². The molecule has 2 heterocycles. The molecule has 1 fully saturated rings. The summed E-state index contributed by atoms with van der Waals surface area (Å²) in [6.45, 7) is 7.25. The van der Waals surface area contributed by atoms with Crippen LogP contribution in [0.2, 0.25) is 0 Å². The number of para-hydroxylation sites is 1. The van der Waals surface area contributed by atoms with Gasteiger partial charge in [-0.25, -0.2) is 4.68 Å². The van der Waals surface area contributed by atoms with E-state index in [1.165, 1.54) is 0 Å². The van der Waals surface area contributed by atoms with E-state index < -0.39 is 0 Å². The molecule has 0 unspecified atom stereocenters. The van der Waals surface area contributed by atoms with Crippen LogP contribution in [0, 0.1) is 13.8 Å². The Morgan fingerprint density at radius 1 is 1.22 bits per heavy atom. The normalized spacial score (nSPS) is 15.6. The zero-order valence-corrected chi connectivity index (χ0v) is 13.6. The highest BCUT2D eigenvalue weighted by atomic mass is 16.5. The van der Waals surface area contributed by atoms with Gasteiger partial charge in [0, 0.05) is 13.1 Å². The maximum absolute atomic E-state index is 12.3. The van der Waals surface area contributed by atoms with Crippen molar-refractivity contribution in [1.82, 2.24) is 14.7 Å². The SMILES string of the molecule is Cc1nn(-c2ccccc2)c(C)c1NC(=O)CN1CCOCC1. The fourth-order valence-corrected chi connectivity index (χ4v) is 2.79. The highest BCUT2D eigenvalue weighted by Gasteiger charge is 2.18. The van der Waals surface area contributed by atoms with Gasteiger partial charge in [0.05, 0.1) is 42.5 Å². The van der Waals surface area contributed by atoms with E-state index in [1.54, 1.807) is 0 Å². The van der Waals surface area contributed by atoms with Gasteiger partial charge in [0.15, 0.2) is 0 Å². The van der Waals surface area contributed by atoms with Crippen molar-refractivity contribution in [3.63, 3.8) is 0 Å². The van der Waals surface area contributed by atoms with Gasteiger partial charge < -0.3 is 10.1 Å². The lowest BCUT2D eigenvalue weighted by atomic mass is 10.3. The fourth-order valence-electron chi connectivity index (χ4n) is 2.79. The van der Waals surface area contributed by atoms with Crippen molar-refractivity contribution in [1.29, 1.82) is 0 Å². The molecule has 1 aromatic carbocycles. The molecule has 6 nitrogen and oxygen atoms in total. The maximum Gasteiger partial charge on any atom is 0.238 e. The Morgan fingerprint density at radius 3 is 2.61 bits per heavy atom. The first-order valence-corrected chi connectivity index (χ1v) is 7.87. The number of carbonyl (C=O) groups is 1. The first kappa shape index (κ1) is 15.7. The first-order chi connectivity index (χ1) is 11.1. The van der Waals surface area contributed by atoms with Crippen LogP contribution in [-0.4, -0.2) is 53.4 Å². The molecule has 0 bridgehead atoms. The summed E-state index contributed by atoms with van der Waals surface area (Å²) < 4.78 is 7.16. The van der Waals surface area contributed by atoms with Crippen LogP contribution in [0.1, 0.15) is 11.4 Å². The summed E-state index contributed by atoms with van der Waals surface area (Å²) in [6, 6.07) is 9.92. The van der Waals surface area contributed by atoms with Gasteiger partial charge in [0.25, 0.3) is 0 Å². The Hall–Kier alpha value is -2.18. The maximum atomic E-state index is 12.3. The molecule has 3 rings (SSSR count). The van der Waals surface area contributed by atoms with Crippen LogP contribution in [0.4, 0.5) is 5.69 Å². The Kier molecular flexibility index (Phi) is 4.73. The number of nitrogens with one attached hydrogen (secondary N) is 1. The number of aryl methyl sites for hydroxylation is 1. The fraction of sp³-hybridized carbons (Fsp3) is 0.412. The van der Waals surface area contributed by atoms with Crippen LogP contribution in [0.15, 0.2) is 30.3 Å². The van der Waals surface area contributed by atoms with Gasteiger partial charge in [0.1, 0.15) is 0 Å². The van der Waals surface area contributed by atoms with Crippen LogP contribution < -0.4 is 5.32 Å². The Labute approximate surface area is 136 Å². The third kappa shape index (κ3) is 3.60. The van der Waals surface area contributed by atoms with Crippen LogP contribution >= 0.6 is 0 Å². The molecule has 1 aliphatic rings. The Morgan fingerprint density at radius 2 is 1.91 bits per heavy atom. The van der Waals surface area contributed by atoms with Gasteiger partial charge in [-0.15, -0.1) is 0 Å². The van der Waals surface area contributed by atoms with Gasteiger partial charge >= 0.3 is 0 Å². The van der Waals surface area contributed by atoms with E-state index >= 15 is 0 Å². The first-order valence-electron chi connectivity index (χ1n) is 7.87. The Balaban J connectivity index is 1.73. The van der Waals surface area contributed by atoms with Crippen molar-refractivity contribution >= 4 is 11.6 Å². The number of nitrogens with zero attached hydrogens (tertiary/aromatic N) is 3. The number of ether oxygens (including phenoxy) is 1. The summed E-state index contributed by atoms with van der Waals surface area (Å²) in [7, 11) is 0. The molecule has 0 atom stereocenters. The summed E-state index contributed by atoms with van der Waals surface area (Å²) in [5, 5.41) is 7.56. The van der Waals surface area contributed by atoms with E-state index in [2.05, 4.69) is 15.3 Å². The molecular formula is C17H22N4O2. The van der Waals surface area contributed by atoms with E-state index in [0.29, 0.717) is 19.8 Å². The lowest BCUT2D eigenvalue weighted by molar-refractivity contribution is -0.118. The molecule has 1 N–H and O–H groups in total. The number of hydrogen-bond acceptors (Lipinski definition) is 4. The van der Waals surface area contributed by atoms with E-state index in [0.717, 1.165) is 35.9 Å². The van der Waals surface area contributed by atoms with Crippen molar-refractivity contribution in [2.45, 2.75) is 13.8 Å². The summed E-state index contributed by atoms with van der Waals surface area (Å²) in [4.78, 5) is 14.4. The molecular weight excluding hydrogens is 292 g/mol. The number of rotatable bonds is 4. The van der Waals surface area contributed by atoms with Crippen molar-refractivity contribution in [2.75, 3.05) is 38.2 Å². The van der Waals surface area contributed by atoms with Crippen molar-refractivity contribution < 1.29 is 9.53 Å². The largest absolute Gasteiger partial charge is 0.379 e. The summed E-state index contributed by atoms with van der Waals surface area (Å²) in [6.07, 6.45) is 0. The summed E-state index contributed by atoms with van der Waals surface area (Å²) in [5.41, 5.74) is 3.54. The number of anilines is 1.